The number of amides is 1. The standard InChI is InChI=1S/C26H27FN6O2/c1-17-29-7-8-32(17)25-14-23(30-16-31-25)12-18-2-4-20(5-3-18)26(34)33-24(6-9-35-33)21-10-19(15-28)11-22(27)13-21/h7-8,10-11,13-14,16,18,20,24H,2-6,9,12H2,1H3/t18-,20-,24-/m0/s1. The minimum atomic E-state index is -0.477. The molecule has 0 spiro atoms. The summed E-state index contributed by atoms with van der Waals surface area (Å²) in [5, 5.41) is 10.6. The molecule has 8 nitrogen and oxygen atoms in total. The summed E-state index contributed by atoms with van der Waals surface area (Å²) in [4.78, 5) is 32.1. The third kappa shape index (κ3) is 4.93. The molecule has 1 saturated heterocycles. The molecule has 5 rings (SSSR count). The van der Waals surface area contributed by atoms with Gasteiger partial charge in [0.1, 0.15) is 23.8 Å². The fraction of sp³-hybridized carbons (Fsp3) is 0.423. The minimum absolute atomic E-state index is 0.0476. The van der Waals surface area contributed by atoms with Crippen LogP contribution < -0.4 is 0 Å². The zero-order chi connectivity index (χ0) is 24.4. The van der Waals surface area contributed by atoms with Gasteiger partial charge in [-0.15, -0.1) is 0 Å². The fourth-order valence-electron chi connectivity index (χ4n) is 5.20. The molecule has 2 fully saturated rings. The molecular weight excluding hydrogens is 447 g/mol. The molecule has 0 N–H and O–H groups in total. The predicted molar refractivity (Wildman–Crippen MR) is 124 cm³/mol. The molecule has 3 heterocycles. The Morgan fingerprint density at radius 2 is 1.97 bits per heavy atom. The first kappa shape index (κ1) is 23.1. The lowest BCUT2D eigenvalue weighted by Gasteiger charge is -2.32. The maximum atomic E-state index is 14.0. The lowest BCUT2D eigenvalue weighted by molar-refractivity contribution is -0.183. The van der Waals surface area contributed by atoms with Gasteiger partial charge in [-0.1, -0.05) is 0 Å². The Morgan fingerprint density at radius 1 is 1.14 bits per heavy atom. The molecule has 0 unspecified atom stereocenters. The van der Waals surface area contributed by atoms with E-state index in [0.29, 0.717) is 24.5 Å². The number of rotatable bonds is 5. The first-order chi connectivity index (χ1) is 17.0. The Bertz CT molecular complexity index is 1260. The van der Waals surface area contributed by atoms with E-state index >= 15 is 0 Å². The highest BCUT2D eigenvalue weighted by atomic mass is 19.1. The Balaban J connectivity index is 1.21. The van der Waals surface area contributed by atoms with Crippen LogP contribution in [0.15, 0.2) is 43.0 Å². The van der Waals surface area contributed by atoms with E-state index in [-0.39, 0.29) is 23.4 Å². The molecule has 1 atom stereocenters. The Hall–Kier alpha value is -3.64. The van der Waals surface area contributed by atoms with Crippen molar-refractivity contribution in [3.63, 3.8) is 0 Å². The molecule has 9 heteroatoms. The lowest BCUT2D eigenvalue weighted by Crippen LogP contribution is -2.36. The second kappa shape index (κ2) is 9.92. The SMILES string of the molecule is Cc1nccn1-c1cc(C[C@H]2CC[C@H](C(=O)N3OCC[C@H]3c3cc(F)cc(C#N)c3)CC2)ncn1. The molecule has 3 aromatic rings. The van der Waals surface area contributed by atoms with E-state index in [2.05, 4.69) is 15.0 Å². The van der Waals surface area contributed by atoms with Gasteiger partial charge in [0.15, 0.2) is 0 Å². The summed E-state index contributed by atoms with van der Waals surface area (Å²) < 4.78 is 15.9. The topological polar surface area (TPSA) is 96.9 Å². The van der Waals surface area contributed by atoms with Gasteiger partial charge in [0, 0.05) is 36.5 Å². The van der Waals surface area contributed by atoms with Gasteiger partial charge in [-0.25, -0.2) is 24.4 Å². The molecule has 1 aliphatic carbocycles. The van der Waals surface area contributed by atoms with E-state index in [1.54, 1.807) is 18.6 Å². The van der Waals surface area contributed by atoms with Crippen molar-refractivity contribution in [2.45, 2.75) is 51.5 Å². The number of nitriles is 1. The van der Waals surface area contributed by atoms with Crippen LogP contribution in [0.2, 0.25) is 0 Å². The number of carbonyl (C=O) groups excluding carboxylic acids is 1. The number of aryl methyl sites for hydroxylation is 1. The number of aromatic nitrogens is 4. The highest BCUT2D eigenvalue weighted by Gasteiger charge is 2.37. The average molecular weight is 475 g/mol. The summed E-state index contributed by atoms with van der Waals surface area (Å²) in [5.74, 6) is 1.48. The van der Waals surface area contributed by atoms with Gasteiger partial charge < -0.3 is 0 Å². The number of halogens is 1. The van der Waals surface area contributed by atoms with Crippen molar-refractivity contribution in [1.82, 2.24) is 24.6 Å². The zero-order valence-corrected chi connectivity index (χ0v) is 19.6. The summed E-state index contributed by atoms with van der Waals surface area (Å²) >= 11 is 0. The first-order valence-corrected chi connectivity index (χ1v) is 12.0. The van der Waals surface area contributed by atoms with Crippen LogP contribution in [0.3, 0.4) is 0 Å². The van der Waals surface area contributed by atoms with Gasteiger partial charge in [0.25, 0.3) is 0 Å². The van der Waals surface area contributed by atoms with E-state index in [4.69, 9.17) is 4.84 Å². The third-order valence-electron chi connectivity index (χ3n) is 7.03. The van der Waals surface area contributed by atoms with E-state index in [9.17, 15) is 14.4 Å². The number of nitrogens with zero attached hydrogens (tertiary/aromatic N) is 6. The molecule has 2 aromatic heterocycles. The van der Waals surface area contributed by atoms with Crippen molar-refractivity contribution >= 4 is 5.91 Å². The van der Waals surface area contributed by atoms with Crippen molar-refractivity contribution in [3.8, 4) is 11.9 Å². The number of hydrogen-bond donors (Lipinski definition) is 0. The number of carbonyl (C=O) groups is 1. The molecule has 1 aromatic carbocycles. The molecule has 1 aliphatic heterocycles. The molecule has 35 heavy (non-hydrogen) atoms. The largest absolute Gasteiger partial charge is 0.288 e. The number of imidazole rings is 1. The average Bonchev–Trinajstić information content (AvgIpc) is 3.53. The van der Waals surface area contributed by atoms with Crippen LogP contribution >= 0.6 is 0 Å². The van der Waals surface area contributed by atoms with Gasteiger partial charge in [-0.2, -0.15) is 5.26 Å². The van der Waals surface area contributed by atoms with Crippen LogP contribution in [0.4, 0.5) is 4.39 Å². The Labute approximate surface area is 203 Å². The lowest BCUT2D eigenvalue weighted by atomic mass is 9.79. The van der Waals surface area contributed by atoms with E-state index in [0.717, 1.165) is 49.4 Å². The summed E-state index contributed by atoms with van der Waals surface area (Å²) in [6.45, 7) is 2.34. The van der Waals surface area contributed by atoms with Gasteiger partial charge in [-0.05, 0) is 68.7 Å². The molecule has 1 amide bonds. The summed E-state index contributed by atoms with van der Waals surface area (Å²) in [6, 6.07) is 7.84. The molecule has 0 bridgehead atoms. The first-order valence-electron chi connectivity index (χ1n) is 12.0. The van der Waals surface area contributed by atoms with Gasteiger partial charge in [-0.3, -0.25) is 14.2 Å². The summed E-state index contributed by atoms with van der Waals surface area (Å²) in [7, 11) is 0. The summed E-state index contributed by atoms with van der Waals surface area (Å²) in [6.07, 6.45) is 10.1. The highest BCUT2D eigenvalue weighted by Crippen LogP contribution is 2.37. The van der Waals surface area contributed by atoms with Crippen molar-refractivity contribution in [2.24, 2.45) is 11.8 Å². The molecule has 0 radical (unpaired) electrons. The minimum Gasteiger partial charge on any atom is -0.288 e. The van der Waals surface area contributed by atoms with Crippen molar-refractivity contribution in [1.29, 1.82) is 5.26 Å². The molecule has 1 saturated carbocycles. The van der Waals surface area contributed by atoms with Crippen molar-refractivity contribution in [3.05, 3.63) is 71.4 Å². The van der Waals surface area contributed by atoms with Crippen LogP contribution in [-0.4, -0.2) is 37.1 Å². The van der Waals surface area contributed by atoms with Crippen molar-refractivity contribution in [2.75, 3.05) is 6.61 Å². The van der Waals surface area contributed by atoms with Crippen LogP contribution in [0, 0.1) is 35.9 Å². The van der Waals surface area contributed by atoms with E-state index in [1.165, 1.54) is 17.2 Å². The van der Waals surface area contributed by atoms with Gasteiger partial charge in [0.05, 0.1) is 24.3 Å². The maximum Gasteiger partial charge on any atom is 0.249 e. The van der Waals surface area contributed by atoms with Crippen molar-refractivity contribution < 1.29 is 14.0 Å². The zero-order valence-electron chi connectivity index (χ0n) is 19.6. The van der Waals surface area contributed by atoms with E-state index in [1.807, 2.05) is 29.8 Å². The Morgan fingerprint density at radius 3 is 2.71 bits per heavy atom. The monoisotopic (exact) mass is 474 g/mol. The number of hydroxylamine groups is 2. The van der Waals surface area contributed by atoms with Crippen LogP contribution in [0.25, 0.3) is 5.82 Å². The maximum absolute atomic E-state index is 14.0. The quantitative estimate of drug-likeness (QED) is 0.549. The van der Waals surface area contributed by atoms with Crippen LogP contribution in [0.5, 0.6) is 0 Å². The second-order valence-corrected chi connectivity index (χ2v) is 9.32. The fourth-order valence-corrected chi connectivity index (χ4v) is 5.20. The van der Waals surface area contributed by atoms with E-state index < -0.39 is 5.82 Å². The van der Waals surface area contributed by atoms with Crippen LogP contribution in [0.1, 0.15) is 60.8 Å². The van der Waals surface area contributed by atoms with Crippen LogP contribution in [-0.2, 0) is 16.1 Å². The molecular formula is C26H27FN6O2. The molecule has 2 aliphatic rings. The number of hydrogen-bond acceptors (Lipinski definition) is 6. The predicted octanol–water partition coefficient (Wildman–Crippen LogP) is 4.24. The highest BCUT2D eigenvalue weighted by molar-refractivity contribution is 5.78. The molecule has 180 valence electrons. The van der Waals surface area contributed by atoms with Gasteiger partial charge in [0.2, 0.25) is 5.91 Å². The van der Waals surface area contributed by atoms with Gasteiger partial charge >= 0.3 is 0 Å². The number of benzene rings is 1. The normalized spacial score (nSPS) is 22.2. The Kier molecular flexibility index (Phi) is 6.55. The third-order valence-corrected chi connectivity index (χ3v) is 7.03. The smallest absolute Gasteiger partial charge is 0.249 e. The second-order valence-electron chi connectivity index (χ2n) is 9.32. The summed E-state index contributed by atoms with van der Waals surface area (Å²) in [5.41, 5.74) is 1.84.